The molecule has 1 N–H and O–H groups in total. The lowest BCUT2D eigenvalue weighted by Crippen LogP contribution is -2.04. The minimum absolute atomic E-state index is 0.601. The van der Waals surface area contributed by atoms with Gasteiger partial charge in [-0.1, -0.05) is 33.6 Å². The van der Waals surface area contributed by atoms with Crippen molar-refractivity contribution in [3.63, 3.8) is 0 Å². The highest BCUT2D eigenvalue weighted by Gasteiger charge is 2.25. The van der Waals surface area contributed by atoms with Crippen LogP contribution >= 0.6 is 27.5 Å². The van der Waals surface area contributed by atoms with E-state index in [9.17, 15) is 5.11 Å². The standard InChI is InChI=1S/C16H14BrClO3/c1-20-14-7-10(17)2-3-12(14)15(19)13-8-11(18)6-9-4-5-21-16(9)13/h2-3,6-8,15,19H,4-5H2,1H3. The summed E-state index contributed by atoms with van der Waals surface area (Å²) in [4.78, 5) is 0. The van der Waals surface area contributed by atoms with E-state index < -0.39 is 6.10 Å². The number of rotatable bonds is 3. The van der Waals surface area contributed by atoms with Crippen LogP contribution in [0.3, 0.4) is 0 Å². The Morgan fingerprint density at radius 1 is 1.29 bits per heavy atom. The first-order chi connectivity index (χ1) is 10.1. The van der Waals surface area contributed by atoms with Crippen LogP contribution in [0.2, 0.25) is 5.02 Å². The second-order valence-electron chi connectivity index (χ2n) is 4.87. The van der Waals surface area contributed by atoms with Gasteiger partial charge in [-0.05, 0) is 29.8 Å². The molecule has 21 heavy (non-hydrogen) atoms. The topological polar surface area (TPSA) is 38.7 Å². The van der Waals surface area contributed by atoms with E-state index in [0.717, 1.165) is 22.2 Å². The van der Waals surface area contributed by atoms with Crippen molar-refractivity contribution >= 4 is 27.5 Å². The van der Waals surface area contributed by atoms with Gasteiger partial charge in [-0.2, -0.15) is 0 Å². The minimum Gasteiger partial charge on any atom is -0.496 e. The Bertz CT molecular complexity index is 687. The molecule has 3 rings (SSSR count). The molecule has 2 aromatic carbocycles. The highest BCUT2D eigenvalue weighted by Crippen LogP contribution is 2.41. The summed E-state index contributed by atoms with van der Waals surface area (Å²) in [6.07, 6.45) is -0.0359. The van der Waals surface area contributed by atoms with Crippen molar-refractivity contribution in [2.75, 3.05) is 13.7 Å². The zero-order valence-corrected chi connectivity index (χ0v) is 13.7. The van der Waals surface area contributed by atoms with Crippen molar-refractivity contribution in [1.29, 1.82) is 0 Å². The molecular weight excluding hydrogens is 356 g/mol. The maximum absolute atomic E-state index is 10.7. The molecule has 0 bridgehead atoms. The first kappa shape index (κ1) is 14.7. The number of benzene rings is 2. The average Bonchev–Trinajstić information content (AvgIpc) is 2.93. The number of methoxy groups -OCH3 is 1. The Morgan fingerprint density at radius 2 is 2.10 bits per heavy atom. The van der Waals surface area contributed by atoms with Gasteiger partial charge >= 0.3 is 0 Å². The molecule has 3 nitrogen and oxygen atoms in total. The maximum atomic E-state index is 10.7. The molecule has 0 saturated heterocycles. The number of hydrogen-bond acceptors (Lipinski definition) is 3. The van der Waals surface area contributed by atoms with Gasteiger partial charge in [-0.3, -0.25) is 0 Å². The van der Waals surface area contributed by atoms with E-state index in [1.165, 1.54) is 0 Å². The van der Waals surface area contributed by atoms with Gasteiger partial charge in [0.1, 0.15) is 17.6 Å². The van der Waals surface area contributed by atoms with Gasteiger partial charge in [-0.25, -0.2) is 0 Å². The third-order valence-corrected chi connectivity index (χ3v) is 4.27. The number of aliphatic hydroxyl groups excluding tert-OH is 1. The molecule has 0 saturated carbocycles. The lowest BCUT2D eigenvalue weighted by Gasteiger charge is -2.18. The Hall–Kier alpha value is -1.23. The molecule has 110 valence electrons. The Morgan fingerprint density at radius 3 is 2.86 bits per heavy atom. The van der Waals surface area contributed by atoms with E-state index in [1.54, 1.807) is 13.2 Å². The summed E-state index contributed by atoms with van der Waals surface area (Å²) in [6, 6.07) is 9.16. The third-order valence-electron chi connectivity index (χ3n) is 3.56. The quantitative estimate of drug-likeness (QED) is 0.884. The molecule has 1 unspecified atom stereocenters. The van der Waals surface area contributed by atoms with Crippen molar-refractivity contribution in [3.05, 3.63) is 56.5 Å². The van der Waals surface area contributed by atoms with E-state index in [1.807, 2.05) is 24.3 Å². The van der Waals surface area contributed by atoms with Crippen LogP contribution in [0, 0.1) is 0 Å². The van der Waals surface area contributed by atoms with Gasteiger partial charge in [-0.15, -0.1) is 0 Å². The van der Waals surface area contributed by atoms with E-state index >= 15 is 0 Å². The van der Waals surface area contributed by atoms with Gasteiger partial charge in [0.15, 0.2) is 0 Å². The number of aliphatic hydroxyl groups is 1. The molecule has 2 aromatic rings. The Kier molecular flexibility index (Phi) is 4.11. The predicted octanol–water partition coefficient (Wildman–Crippen LogP) is 4.13. The SMILES string of the molecule is COc1cc(Br)ccc1C(O)c1cc(Cl)cc2c1OCC2. The smallest absolute Gasteiger partial charge is 0.128 e. The summed E-state index contributed by atoms with van der Waals surface area (Å²) in [5.41, 5.74) is 2.39. The molecular formula is C16H14BrClO3. The van der Waals surface area contributed by atoms with Crippen LogP contribution in [0.15, 0.2) is 34.8 Å². The molecule has 0 radical (unpaired) electrons. The highest BCUT2D eigenvalue weighted by atomic mass is 79.9. The van der Waals surface area contributed by atoms with Crippen LogP contribution in [0.1, 0.15) is 22.8 Å². The van der Waals surface area contributed by atoms with Crippen molar-refractivity contribution in [3.8, 4) is 11.5 Å². The van der Waals surface area contributed by atoms with E-state index in [0.29, 0.717) is 28.5 Å². The van der Waals surface area contributed by atoms with Crippen LogP contribution in [0.5, 0.6) is 11.5 Å². The van der Waals surface area contributed by atoms with Crippen molar-refractivity contribution < 1.29 is 14.6 Å². The van der Waals surface area contributed by atoms with Crippen LogP contribution in [0.4, 0.5) is 0 Å². The fourth-order valence-electron chi connectivity index (χ4n) is 2.58. The molecule has 0 spiro atoms. The van der Waals surface area contributed by atoms with Crippen molar-refractivity contribution in [2.24, 2.45) is 0 Å². The average molecular weight is 370 g/mol. The lowest BCUT2D eigenvalue weighted by atomic mass is 9.97. The molecule has 0 fully saturated rings. The van der Waals surface area contributed by atoms with E-state index in [4.69, 9.17) is 21.1 Å². The Balaban J connectivity index is 2.09. The summed E-state index contributed by atoms with van der Waals surface area (Å²) in [6.45, 7) is 0.618. The first-order valence-corrected chi connectivity index (χ1v) is 7.74. The summed E-state index contributed by atoms with van der Waals surface area (Å²) in [5.74, 6) is 1.35. The summed E-state index contributed by atoms with van der Waals surface area (Å²) >= 11 is 9.55. The maximum Gasteiger partial charge on any atom is 0.128 e. The van der Waals surface area contributed by atoms with Crippen LogP contribution in [0.25, 0.3) is 0 Å². The molecule has 5 heteroatoms. The van der Waals surface area contributed by atoms with Crippen LogP contribution < -0.4 is 9.47 Å². The third kappa shape index (κ3) is 2.76. The Labute approximate surface area is 136 Å². The molecule has 0 amide bonds. The molecule has 1 heterocycles. The summed E-state index contributed by atoms with van der Waals surface area (Å²) < 4.78 is 11.9. The monoisotopic (exact) mass is 368 g/mol. The van der Waals surface area contributed by atoms with Gasteiger partial charge in [0.25, 0.3) is 0 Å². The zero-order valence-electron chi connectivity index (χ0n) is 11.4. The van der Waals surface area contributed by atoms with Crippen LogP contribution in [-0.4, -0.2) is 18.8 Å². The summed E-state index contributed by atoms with van der Waals surface area (Å²) in [5, 5.41) is 11.4. The molecule has 1 atom stereocenters. The fourth-order valence-corrected chi connectivity index (χ4v) is 3.17. The number of halogens is 2. The van der Waals surface area contributed by atoms with Crippen molar-refractivity contribution in [2.45, 2.75) is 12.5 Å². The lowest BCUT2D eigenvalue weighted by molar-refractivity contribution is 0.208. The number of hydrogen-bond donors (Lipinski definition) is 1. The van der Waals surface area contributed by atoms with E-state index in [-0.39, 0.29) is 0 Å². The van der Waals surface area contributed by atoms with E-state index in [2.05, 4.69) is 15.9 Å². The molecule has 0 aromatic heterocycles. The van der Waals surface area contributed by atoms with Gasteiger partial charge in [0, 0.05) is 27.0 Å². The number of fused-ring (bicyclic) bond motifs is 1. The zero-order chi connectivity index (χ0) is 15.0. The van der Waals surface area contributed by atoms with Gasteiger partial charge < -0.3 is 14.6 Å². The fraction of sp³-hybridized carbons (Fsp3) is 0.250. The largest absolute Gasteiger partial charge is 0.496 e. The predicted molar refractivity (Wildman–Crippen MR) is 85.4 cm³/mol. The van der Waals surface area contributed by atoms with Crippen LogP contribution in [-0.2, 0) is 6.42 Å². The van der Waals surface area contributed by atoms with Crippen molar-refractivity contribution in [1.82, 2.24) is 0 Å². The summed E-state index contributed by atoms with van der Waals surface area (Å²) in [7, 11) is 1.58. The van der Waals surface area contributed by atoms with Gasteiger partial charge in [0.05, 0.1) is 13.7 Å². The minimum atomic E-state index is -0.849. The second kappa shape index (κ2) is 5.87. The molecule has 0 aliphatic carbocycles. The highest BCUT2D eigenvalue weighted by molar-refractivity contribution is 9.10. The molecule has 1 aliphatic heterocycles. The second-order valence-corrected chi connectivity index (χ2v) is 6.22. The normalized spacial score (nSPS) is 14.5. The number of ether oxygens (including phenoxy) is 2. The first-order valence-electron chi connectivity index (χ1n) is 6.56. The molecule has 1 aliphatic rings. The van der Waals surface area contributed by atoms with Gasteiger partial charge in [0.2, 0.25) is 0 Å².